The van der Waals surface area contributed by atoms with Crippen LogP contribution in [-0.4, -0.2) is 28.3 Å². The van der Waals surface area contributed by atoms with Crippen LogP contribution in [0.2, 0.25) is 5.02 Å². The Kier molecular flexibility index (Phi) is 7.01. The van der Waals surface area contributed by atoms with Gasteiger partial charge < -0.3 is 10.1 Å². The van der Waals surface area contributed by atoms with Gasteiger partial charge in [-0.05, 0) is 42.8 Å². The number of carbonyl (C=O) groups is 1. The monoisotopic (exact) mass is 479 g/mol. The van der Waals surface area contributed by atoms with Crippen LogP contribution in [0.25, 0.3) is 16.6 Å². The van der Waals surface area contributed by atoms with E-state index in [1.165, 1.54) is 16.3 Å². The van der Waals surface area contributed by atoms with E-state index < -0.39 is 0 Å². The van der Waals surface area contributed by atoms with Gasteiger partial charge in [0, 0.05) is 11.1 Å². The maximum absolute atomic E-state index is 13.3. The average Bonchev–Trinajstić information content (AvgIpc) is 2.83. The third-order valence-corrected chi connectivity index (χ3v) is 6.42. The zero-order chi connectivity index (χ0) is 23.4. The van der Waals surface area contributed by atoms with Crippen molar-refractivity contribution in [2.24, 2.45) is 0 Å². The average molecular weight is 480 g/mol. The smallest absolute Gasteiger partial charge is 0.266 e. The Morgan fingerprint density at radius 1 is 1.12 bits per heavy atom. The summed E-state index contributed by atoms with van der Waals surface area (Å²) < 4.78 is 6.83. The fourth-order valence-electron chi connectivity index (χ4n) is 3.50. The van der Waals surface area contributed by atoms with E-state index in [1.54, 1.807) is 43.5 Å². The summed E-state index contributed by atoms with van der Waals surface area (Å²) in [6.45, 7) is 1.88. The topological polar surface area (TPSA) is 73.2 Å². The zero-order valence-corrected chi connectivity index (χ0v) is 19.7. The number of hydrogen-bond donors (Lipinski definition) is 1. The van der Waals surface area contributed by atoms with Gasteiger partial charge in [0.1, 0.15) is 5.75 Å². The summed E-state index contributed by atoms with van der Waals surface area (Å²) in [5.41, 5.74) is 1.83. The molecule has 1 atom stereocenters. The molecular formula is C25H22ClN3O3S. The predicted octanol–water partition coefficient (Wildman–Crippen LogP) is 5.02. The number of ether oxygens (including phenoxy) is 1. The van der Waals surface area contributed by atoms with Crippen molar-refractivity contribution in [1.29, 1.82) is 0 Å². The second-order valence-electron chi connectivity index (χ2n) is 7.35. The lowest BCUT2D eigenvalue weighted by Crippen LogP contribution is -2.29. The molecule has 0 radical (unpaired) electrons. The lowest BCUT2D eigenvalue weighted by atomic mass is 10.1. The third-order valence-electron chi connectivity index (χ3n) is 5.14. The molecule has 1 heterocycles. The van der Waals surface area contributed by atoms with Gasteiger partial charge in [-0.1, -0.05) is 59.8 Å². The van der Waals surface area contributed by atoms with Crippen LogP contribution in [0.3, 0.4) is 0 Å². The Bertz CT molecular complexity index is 1370. The molecule has 0 aliphatic heterocycles. The van der Waals surface area contributed by atoms with Gasteiger partial charge in [0.25, 0.3) is 5.56 Å². The maximum Gasteiger partial charge on any atom is 0.266 e. The molecule has 33 heavy (non-hydrogen) atoms. The normalized spacial score (nSPS) is 11.8. The summed E-state index contributed by atoms with van der Waals surface area (Å²) in [7, 11) is 1.57. The minimum Gasteiger partial charge on any atom is -0.497 e. The van der Waals surface area contributed by atoms with Gasteiger partial charge >= 0.3 is 0 Å². The molecule has 1 unspecified atom stereocenters. The summed E-state index contributed by atoms with van der Waals surface area (Å²) in [5.74, 6) is 0.519. The van der Waals surface area contributed by atoms with Crippen molar-refractivity contribution < 1.29 is 9.53 Å². The van der Waals surface area contributed by atoms with Crippen molar-refractivity contribution in [1.82, 2.24) is 14.9 Å². The third kappa shape index (κ3) is 5.05. The fourth-order valence-corrected chi connectivity index (χ4v) is 4.63. The number of halogens is 1. The standard InChI is InChI=1S/C25H22ClN3O3S/c1-16(19-10-3-5-12-21(19)26)27-23(30)15-33-25-28-22-13-6-4-11-20(22)24(31)29(25)17-8-7-9-18(14-17)32-2/h3-14,16H,15H2,1-2H3,(H,27,30). The number of nitrogens with zero attached hydrogens (tertiary/aromatic N) is 2. The molecule has 3 aromatic carbocycles. The molecule has 168 valence electrons. The number of thioether (sulfide) groups is 1. The zero-order valence-electron chi connectivity index (χ0n) is 18.1. The van der Waals surface area contributed by atoms with E-state index in [-0.39, 0.29) is 23.3 Å². The molecule has 8 heteroatoms. The first kappa shape index (κ1) is 22.9. The second kappa shape index (κ2) is 10.1. The molecule has 0 saturated carbocycles. The summed E-state index contributed by atoms with van der Waals surface area (Å²) >= 11 is 7.45. The van der Waals surface area contributed by atoms with E-state index in [0.717, 1.165) is 5.56 Å². The van der Waals surface area contributed by atoms with Crippen LogP contribution in [0.5, 0.6) is 5.75 Å². The van der Waals surface area contributed by atoms with Crippen molar-refractivity contribution >= 4 is 40.2 Å². The summed E-state index contributed by atoms with van der Waals surface area (Å²) in [5, 5.41) is 4.48. The highest BCUT2D eigenvalue weighted by atomic mass is 35.5. The van der Waals surface area contributed by atoms with Gasteiger partial charge in [-0.2, -0.15) is 0 Å². The molecule has 4 aromatic rings. The fraction of sp³-hybridized carbons (Fsp3) is 0.160. The minimum atomic E-state index is -0.253. The Hall–Kier alpha value is -3.29. The number of para-hydroxylation sites is 1. The van der Waals surface area contributed by atoms with Crippen LogP contribution < -0.4 is 15.6 Å². The SMILES string of the molecule is COc1cccc(-n2c(SCC(=O)NC(C)c3ccccc3Cl)nc3ccccc3c2=O)c1. The maximum atomic E-state index is 13.3. The Balaban J connectivity index is 1.63. The molecule has 0 aliphatic carbocycles. The molecule has 0 spiro atoms. The summed E-state index contributed by atoms with van der Waals surface area (Å²) in [6, 6.07) is 21.5. The van der Waals surface area contributed by atoms with Gasteiger partial charge in [0.15, 0.2) is 5.16 Å². The second-order valence-corrected chi connectivity index (χ2v) is 8.70. The van der Waals surface area contributed by atoms with E-state index in [1.807, 2.05) is 43.3 Å². The number of fused-ring (bicyclic) bond motifs is 1. The van der Waals surface area contributed by atoms with E-state index in [0.29, 0.717) is 32.5 Å². The van der Waals surface area contributed by atoms with E-state index >= 15 is 0 Å². The van der Waals surface area contributed by atoms with Gasteiger partial charge in [-0.25, -0.2) is 4.98 Å². The van der Waals surface area contributed by atoms with Gasteiger partial charge in [-0.3, -0.25) is 14.2 Å². The highest BCUT2D eigenvalue weighted by Crippen LogP contribution is 2.25. The lowest BCUT2D eigenvalue weighted by Gasteiger charge is -2.16. The molecule has 0 aliphatic rings. The first-order chi connectivity index (χ1) is 16.0. The van der Waals surface area contributed by atoms with Crippen LogP contribution >= 0.6 is 23.4 Å². The molecule has 6 nitrogen and oxygen atoms in total. The minimum absolute atomic E-state index is 0.0868. The number of hydrogen-bond acceptors (Lipinski definition) is 5. The van der Waals surface area contributed by atoms with Crippen LogP contribution in [0, 0.1) is 0 Å². The number of nitrogens with one attached hydrogen (secondary N) is 1. The van der Waals surface area contributed by atoms with Gasteiger partial charge in [0.05, 0.1) is 35.5 Å². The molecule has 0 fully saturated rings. The molecule has 1 amide bonds. The van der Waals surface area contributed by atoms with Gasteiger partial charge in [-0.15, -0.1) is 0 Å². The number of rotatable bonds is 7. The molecule has 0 saturated heterocycles. The van der Waals surface area contributed by atoms with E-state index in [2.05, 4.69) is 10.3 Å². The van der Waals surface area contributed by atoms with Crippen molar-refractivity contribution in [2.45, 2.75) is 18.1 Å². The van der Waals surface area contributed by atoms with Crippen LogP contribution in [0.4, 0.5) is 0 Å². The van der Waals surface area contributed by atoms with Crippen molar-refractivity contribution in [3.63, 3.8) is 0 Å². The Morgan fingerprint density at radius 2 is 1.88 bits per heavy atom. The molecule has 1 aromatic heterocycles. The molecular weight excluding hydrogens is 458 g/mol. The lowest BCUT2D eigenvalue weighted by molar-refractivity contribution is -0.119. The number of aromatic nitrogens is 2. The highest BCUT2D eigenvalue weighted by Gasteiger charge is 2.17. The van der Waals surface area contributed by atoms with E-state index in [9.17, 15) is 9.59 Å². The largest absolute Gasteiger partial charge is 0.497 e. The van der Waals surface area contributed by atoms with Crippen LogP contribution in [0.15, 0.2) is 82.7 Å². The van der Waals surface area contributed by atoms with E-state index in [4.69, 9.17) is 16.3 Å². The number of methoxy groups -OCH3 is 1. The predicted molar refractivity (Wildman–Crippen MR) is 133 cm³/mol. The number of amides is 1. The van der Waals surface area contributed by atoms with Crippen molar-refractivity contribution in [2.75, 3.05) is 12.9 Å². The quantitative estimate of drug-likeness (QED) is 0.298. The number of carbonyl (C=O) groups excluding carboxylic acids is 1. The summed E-state index contributed by atoms with van der Waals surface area (Å²) in [4.78, 5) is 30.7. The number of benzene rings is 3. The highest BCUT2D eigenvalue weighted by molar-refractivity contribution is 7.99. The van der Waals surface area contributed by atoms with Crippen LogP contribution in [0.1, 0.15) is 18.5 Å². The molecule has 1 N–H and O–H groups in total. The Labute approximate surface area is 200 Å². The molecule has 4 rings (SSSR count). The van der Waals surface area contributed by atoms with Crippen molar-refractivity contribution in [3.05, 3.63) is 93.7 Å². The van der Waals surface area contributed by atoms with Gasteiger partial charge in [0.2, 0.25) is 5.91 Å². The summed E-state index contributed by atoms with van der Waals surface area (Å²) in [6.07, 6.45) is 0. The first-order valence-corrected chi connectivity index (χ1v) is 11.7. The molecule has 0 bridgehead atoms. The van der Waals surface area contributed by atoms with Crippen LogP contribution in [-0.2, 0) is 4.79 Å². The van der Waals surface area contributed by atoms with Crippen molar-refractivity contribution in [3.8, 4) is 11.4 Å². The first-order valence-electron chi connectivity index (χ1n) is 10.3. The Morgan fingerprint density at radius 3 is 2.67 bits per heavy atom.